The second-order valence-electron chi connectivity index (χ2n) is 3.02. The quantitative estimate of drug-likeness (QED) is 0.527. The average Bonchev–Trinajstić information content (AvgIpc) is 2.36. The fraction of sp³-hybridized carbons (Fsp3) is 0.300. The van der Waals surface area contributed by atoms with E-state index >= 15 is 0 Å². The van der Waals surface area contributed by atoms with Gasteiger partial charge in [-0.2, -0.15) is 0 Å². The molecule has 0 saturated heterocycles. The smallest absolute Gasteiger partial charge is 0.337 e. The van der Waals surface area contributed by atoms with Crippen molar-refractivity contribution in [3.05, 3.63) is 29.6 Å². The topological polar surface area (TPSA) is 96.7 Å². The van der Waals surface area contributed by atoms with E-state index < -0.39 is 18.2 Å². The van der Waals surface area contributed by atoms with E-state index in [9.17, 15) is 19.8 Å². The molecule has 16 heavy (non-hydrogen) atoms. The standard InChI is InChI=1S/C10H11NO5/c1-16-10(15)9(14)8(13)7-4-2-3-6(5-12)11-7/h2-5,8-9,13-14H,1H3. The number of aldehydes is 1. The van der Waals surface area contributed by atoms with Crippen molar-refractivity contribution in [2.45, 2.75) is 12.2 Å². The Kier molecular flexibility index (Phi) is 4.10. The summed E-state index contributed by atoms with van der Waals surface area (Å²) in [5.41, 5.74) is 0.135. The Morgan fingerprint density at radius 2 is 2.19 bits per heavy atom. The van der Waals surface area contributed by atoms with Crippen LogP contribution in [0.2, 0.25) is 0 Å². The zero-order chi connectivity index (χ0) is 12.1. The lowest BCUT2D eigenvalue weighted by atomic mass is 10.1. The number of rotatable bonds is 4. The van der Waals surface area contributed by atoms with Gasteiger partial charge in [0.2, 0.25) is 0 Å². The lowest BCUT2D eigenvalue weighted by Gasteiger charge is -2.15. The molecule has 0 radical (unpaired) electrons. The van der Waals surface area contributed by atoms with Crippen LogP contribution in [0.5, 0.6) is 0 Å². The van der Waals surface area contributed by atoms with Crippen LogP contribution in [0.15, 0.2) is 18.2 Å². The predicted molar refractivity (Wildman–Crippen MR) is 52.6 cm³/mol. The lowest BCUT2D eigenvalue weighted by Crippen LogP contribution is -2.29. The average molecular weight is 225 g/mol. The fourth-order valence-corrected chi connectivity index (χ4v) is 1.11. The molecule has 0 aromatic carbocycles. The van der Waals surface area contributed by atoms with Crippen molar-refractivity contribution in [1.29, 1.82) is 0 Å². The number of nitrogens with zero attached hydrogens (tertiary/aromatic N) is 1. The number of aliphatic hydroxyl groups is 2. The van der Waals surface area contributed by atoms with Crippen LogP contribution in [0, 0.1) is 0 Å². The van der Waals surface area contributed by atoms with E-state index in [1.54, 1.807) is 0 Å². The molecule has 6 heteroatoms. The lowest BCUT2D eigenvalue weighted by molar-refractivity contribution is -0.157. The van der Waals surface area contributed by atoms with Gasteiger partial charge in [-0.15, -0.1) is 0 Å². The molecule has 0 amide bonds. The van der Waals surface area contributed by atoms with Gasteiger partial charge < -0.3 is 14.9 Å². The van der Waals surface area contributed by atoms with Gasteiger partial charge in [-0.25, -0.2) is 9.78 Å². The van der Waals surface area contributed by atoms with Gasteiger partial charge in [0.15, 0.2) is 12.4 Å². The predicted octanol–water partition coefficient (Wildman–Crippen LogP) is -0.539. The van der Waals surface area contributed by atoms with Crippen LogP contribution in [0.4, 0.5) is 0 Å². The molecular weight excluding hydrogens is 214 g/mol. The molecule has 1 rings (SSSR count). The first-order valence-electron chi connectivity index (χ1n) is 4.46. The third-order valence-electron chi connectivity index (χ3n) is 1.96. The van der Waals surface area contributed by atoms with Crippen molar-refractivity contribution in [1.82, 2.24) is 4.98 Å². The zero-order valence-corrected chi connectivity index (χ0v) is 8.53. The molecule has 1 aromatic rings. The molecule has 1 heterocycles. The van der Waals surface area contributed by atoms with Crippen molar-refractivity contribution in [3.63, 3.8) is 0 Å². The summed E-state index contributed by atoms with van der Waals surface area (Å²) in [5.74, 6) is -0.967. The number of hydrogen-bond acceptors (Lipinski definition) is 6. The minimum atomic E-state index is -1.72. The summed E-state index contributed by atoms with van der Waals surface area (Å²) in [6.07, 6.45) is -2.74. The van der Waals surface area contributed by atoms with E-state index in [-0.39, 0.29) is 11.4 Å². The Morgan fingerprint density at radius 1 is 1.50 bits per heavy atom. The number of aromatic nitrogens is 1. The van der Waals surface area contributed by atoms with Gasteiger partial charge in [-0.1, -0.05) is 6.07 Å². The van der Waals surface area contributed by atoms with Gasteiger partial charge in [0.25, 0.3) is 0 Å². The maximum Gasteiger partial charge on any atom is 0.337 e. The molecule has 0 fully saturated rings. The molecule has 1 aromatic heterocycles. The van der Waals surface area contributed by atoms with Crippen LogP contribution in [-0.4, -0.2) is 40.7 Å². The molecule has 0 aliphatic rings. The first-order valence-corrected chi connectivity index (χ1v) is 4.46. The van der Waals surface area contributed by atoms with E-state index in [0.29, 0.717) is 6.29 Å². The summed E-state index contributed by atoms with van der Waals surface area (Å²) in [6.45, 7) is 0. The van der Waals surface area contributed by atoms with Crippen molar-refractivity contribution in [2.24, 2.45) is 0 Å². The van der Waals surface area contributed by atoms with E-state index in [4.69, 9.17) is 0 Å². The second-order valence-corrected chi connectivity index (χ2v) is 3.02. The first kappa shape index (κ1) is 12.3. The maximum absolute atomic E-state index is 11.0. The van der Waals surface area contributed by atoms with Gasteiger partial charge in [-0.3, -0.25) is 4.79 Å². The number of pyridine rings is 1. The minimum Gasteiger partial charge on any atom is -0.467 e. The van der Waals surface area contributed by atoms with Gasteiger partial charge in [0.1, 0.15) is 11.8 Å². The molecule has 2 unspecified atom stereocenters. The van der Waals surface area contributed by atoms with Gasteiger partial charge in [0.05, 0.1) is 12.8 Å². The van der Waals surface area contributed by atoms with Gasteiger partial charge in [-0.05, 0) is 12.1 Å². The van der Waals surface area contributed by atoms with Crippen LogP contribution in [0.25, 0.3) is 0 Å². The summed E-state index contributed by atoms with van der Waals surface area (Å²) in [7, 11) is 1.09. The van der Waals surface area contributed by atoms with Gasteiger partial charge in [0, 0.05) is 0 Å². The van der Waals surface area contributed by atoms with E-state index in [1.165, 1.54) is 18.2 Å². The molecule has 2 N–H and O–H groups in total. The first-order chi connectivity index (χ1) is 7.60. The van der Waals surface area contributed by atoms with E-state index in [1.807, 2.05) is 0 Å². The summed E-state index contributed by atoms with van der Waals surface area (Å²) < 4.78 is 4.26. The highest BCUT2D eigenvalue weighted by Crippen LogP contribution is 2.15. The Balaban J connectivity index is 2.90. The third-order valence-corrected chi connectivity index (χ3v) is 1.96. The third kappa shape index (κ3) is 2.62. The SMILES string of the molecule is COC(=O)C(O)C(O)c1cccc(C=O)n1. The number of esters is 1. The van der Waals surface area contributed by atoms with E-state index in [0.717, 1.165) is 7.11 Å². The number of ether oxygens (including phenoxy) is 1. The molecule has 0 saturated carbocycles. The normalized spacial score (nSPS) is 13.9. The molecule has 2 atom stereocenters. The number of aliphatic hydroxyl groups excluding tert-OH is 2. The molecule has 6 nitrogen and oxygen atoms in total. The number of methoxy groups -OCH3 is 1. The molecule has 86 valence electrons. The summed E-state index contributed by atoms with van der Waals surface area (Å²) in [5, 5.41) is 18.9. The number of carbonyl (C=O) groups excluding carboxylic acids is 2. The van der Waals surface area contributed by atoms with Crippen molar-refractivity contribution in [3.8, 4) is 0 Å². The van der Waals surface area contributed by atoms with Gasteiger partial charge >= 0.3 is 5.97 Å². The number of hydrogen-bond donors (Lipinski definition) is 2. The fourth-order valence-electron chi connectivity index (χ4n) is 1.11. The highest BCUT2D eigenvalue weighted by molar-refractivity contribution is 5.75. The Labute approximate surface area is 91.5 Å². The summed E-state index contributed by atoms with van der Waals surface area (Å²) in [6, 6.07) is 4.32. The largest absolute Gasteiger partial charge is 0.467 e. The molecule has 0 bridgehead atoms. The molecule has 0 spiro atoms. The second kappa shape index (κ2) is 5.34. The molecule has 0 aliphatic carbocycles. The summed E-state index contributed by atoms with van der Waals surface area (Å²) in [4.78, 5) is 25.1. The van der Waals surface area contributed by atoms with Crippen LogP contribution >= 0.6 is 0 Å². The monoisotopic (exact) mass is 225 g/mol. The number of carbonyl (C=O) groups is 2. The Morgan fingerprint density at radius 3 is 2.75 bits per heavy atom. The van der Waals surface area contributed by atoms with Crippen molar-refractivity contribution < 1.29 is 24.5 Å². The highest BCUT2D eigenvalue weighted by Gasteiger charge is 2.27. The molecular formula is C10H11NO5. The van der Waals surface area contributed by atoms with Crippen molar-refractivity contribution in [2.75, 3.05) is 7.11 Å². The van der Waals surface area contributed by atoms with Crippen molar-refractivity contribution >= 4 is 12.3 Å². The highest BCUT2D eigenvalue weighted by atomic mass is 16.5. The Hall–Kier alpha value is -1.79. The van der Waals surface area contributed by atoms with E-state index in [2.05, 4.69) is 9.72 Å². The van der Waals surface area contributed by atoms with Crippen LogP contribution in [0.1, 0.15) is 22.3 Å². The summed E-state index contributed by atoms with van der Waals surface area (Å²) >= 11 is 0. The van der Waals surface area contributed by atoms with Crippen LogP contribution < -0.4 is 0 Å². The Bertz CT molecular complexity index is 393. The maximum atomic E-state index is 11.0. The minimum absolute atomic E-state index is 0.0301. The van der Waals surface area contributed by atoms with Crippen LogP contribution in [-0.2, 0) is 9.53 Å². The zero-order valence-electron chi connectivity index (χ0n) is 8.53. The van der Waals surface area contributed by atoms with Crippen LogP contribution in [0.3, 0.4) is 0 Å². The molecule has 0 aliphatic heterocycles.